The zero-order valence-electron chi connectivity index (χ0n) is 10.7. The van der Waals surface area contributed by atoms with E-state index in [2.05, 4.69) is 5.32 Å². The van der Waals surface area contributed by atoms with Crippen molar-refractivity contribution in [2.24, 2.45) is 0 Å². The molecule has 0 radical (unpaired) electrons. The fraction of sp³-hybridized carbons (Fsp3) is 0.538. The summed E-state index contributed by atoms with van der Waals surface area (Å²) in [5.41, 5.74) is 1.05. The molecule has 1 aromatic rings. The third-order valence-corrected chi connectivity index (χ3v) is 2.51. The maximum atomic E-state index is 9.61. The Kier molecular flexibility index (Phi) is 9.42. The summed E-state index contributed by atoms with van der Waals surface area (Å²) in [6.45, 7) is 5.47. The predicted molar refractivity (Wildman–Crippen MR) is 77.5 cm³/mol. The monoisotopic (exact) mass is 293 g/mol. The minimum absolute atomic E-state index is 0. The first-order chi connectivity index (χ1) is 8.08. The Morgan fingerprint density at radius 3 is 2.44 bits per heavy atom. The Labute approximate surface area is 120 Å². The van der Waals surface area contributed by atoms with Gasteiger partial charge in [0, 0.05) is 17.6 Å². The fourth-order valence-electron chi connectivity index (χ4n) is 1.32. The highest BCUT2D eigenvalue weighted by Gasteiger charge is 2.04. The van der Waals surface area contributed by atoms with Crippen LogP contribution >= 0.6 is 24.0 Å². The SMILES string of the molecule is CC(C)NCC(O)COCc1ccc(Cl)cc1.Cl. The van der Waals surface area contributed by atoms with Crippen LogP contribution in [0.5, 0.6) is 0 Å². The molecule has 3 nitrogen and oxygen atoms in total. The van der Waals surface area contributed by atoms with E-state index in [0.717, 1.165) is 10.6 Å². The highest BCUT2D eigenvalue weighted by molar-refractivity contribution is 6.30. The van der Waals surface area contributed by atoms with Crippen molar-refractivity contribution in [3.8, 4) is 0 Å². The molecule has 0 aromatic heterocycles. The van der Waals surface area contributed by atoms with Crippen LogP contribution < -0.4 is 5.32 Å². The number of hydrogen-bond acceptors (Lipinski definition) is 3. The Bertz CT molecular complexity index is 317. The third kappa shape index (κ3) is 7.90. The predicted octanol–water partition coefficient (Wildman–Crippen LogP) is 2.64. The highest BCUT2D eigenvalue weighted by atomic mass is 35.5. The second kappa shape index (κ2) is 9.59. The van der Waals surface area contributed by atoms with Crippen LogP contribution in [0.25, 0.3) is 0 Å². The second-order valence-electron chi connectivity index (χ2n) is 4.36. The number of benzene rings is 1. The molecule has 0 fully saturated rings. The van der Waals surface area contributed by atoms with Gasteiger partial charge in [0.05, 0.1) is 19.3 Å². The van der Waals surface area contributed by atoms with Gasteiger partial charge in [-0.05, 0) is 17.7 Å². The van der Waals surface area contributed by atoms with Crippen LogP contribution in [-0.2, 0) is 11.3 Å². The maximum Gasteiger partial charge on any atom is 0.0897 e. The summed E-state index contributed by atoms with van der Waals surface area (Å²) >= 11 is 5.78. The molecule has 18 heavy (non-hydrogen) atoms. The molecule has 0 aliphatic carbocycles. The molecule has 1 rings (SSSR count). The fourth-order valence-corrected chi connectivity index (χ4v) is 1.45. The first kappa shape index (κ1) is 17.7. The number of rotatable bonds is 7. The molecule has 0 heterocycles. The van der Waals surface area contributed by atoms with Crippen molar-refractivity contribution in [2.75, 3.05) is 13.2 Å². The molecule has 5 heteroatoms. The molecule has 2 N–H and O–H groups in total. The number of hydrogen-bond donors (Lipinski definition) is 2. The largest absolute Gasteiger partial charge is 0.389 e. The average molecular weight is 294 g/mol. The lowest BCUT2D eigenvalue weighted by atomic mass is 10.2. The van der Waals surface area contributed by atoms with E-state index < -0.39 is 6.10 Å². The van der Waals surface area contributed by atoms with Crippen molar-refractivity contribution in [1.82, 2.24) is 5.32 Å². The van der Waals surface area contributed by atoms with Crippen LogP contribution in [0.2, 0.25) is 5.02 Å². The van der Waals surface area contributed by atoms with Crippen molar-refractivity contribution in [2.45, 2.75) is 32.6 Å². The quantitative estimate of drug-likeness (QED) is 0.812. The van der Waals surface area contributed by atoms with E-state index in [-0.39, 0.29) is 12.4 Å². The minimum atomic E-state index is -0.468. The summed E-state index contributed by atoms with van der Waals surface area (Å²) in [6, 6.07) is 7.87. The second-order valence-corrected chi connectivity index (χ2v) is 4.79. The van der Waals surface area contributed by atoms with Crippen LogP contribution in [-0.4, -0.2) is 30.4 Å². The molecule has 1 unspecified atom stereocenters. The zero-order valence-corrected chi connectivity index (χ0v) is 12.3. The number of halogens is 2. The van der Waals surface area contributed by atoms with E-state index in [1.54, 1.807) is 0 Å². The van der Waals surface area contributed by atoms with Gasteiger partial charge in [-0.25, -0.2) is 0 Å². The summed E-state index contributed by atoms with van der Waals surface area (Å²) in [5.74, 6) is 0. The van der Waals surface area contributed by atoms with Gasteiger partial charge in [-0.3, -0.25) is 0 Å². The first-order valence-corrected chi connectivity index (χ1v) is 6.19. The van der Waals surface area contributed by atoms with E-state index in [1.165, 1.54) is 0 Å². The van der Waals surface area contributed by atoms with Gasteiger partial charge in [-0.15, -0.1) is 12.4 Å². The van der Waals surface area contributed by atoms with E-state index >= 15 is 0 Å². The van der Waals surface area contributed by atoms with Crippen molar-refractivity contribution < 1.29 is 9.84 Å². The van der Waals surface area contributed by atoms with Crippen LogP contribution in [0.15, 0.2) is 24.3 Å². The number of aliphatic hydroxyl groups excluding tert-OH is 1. The molecule has 1 atom stereocenters. The summed E-state index contributed by atoms with van der Waals surface area (Å²) in [4.78, 5) is 0. The topological polar surface area (TPSA) is 41.5 Å². The Balaban J connectivity index is 0.00000289. The van der Waals surface area contributed by atoms with Crippen LogP contribution in [0, 0.1) is 0 Å². The molecular weight excluding hydrogens is 273 g/mol. The Morgan fingerprint density at radius 1 is 1.28 bits per heavy atom. The average Bonchev–Trinajstić information content (AvgIpc) is 2.29. The summed E-state index contributed by atoms with van der Waals surface area (Å²) < 4.78 is 5.42. The van der Waals surface area contributed by atoms with Crippen LogP contribution in [0.4, 0.5) is 0 Å². The van der Waals surface area contributed by atoms with Gasteiger partial charge in [0.2, 0.25) is 0 Å². The summed E-state index contributed by atoms with van der Waals surface area (Å²) in [5, 5.41) is 13.5. The molecule has 104 valence electrons. The molecule has 0 spiro atoms. The van der Waals surface area contributed by atoms with Gasteiger partial charge < -0.3 is 15.2 Å². The molecule has 1 aromatic carbocycles. The van der Waals surface area contributed by atoms with Crippen LogP contribution in [0.1, 0.15) is 19.4 Å². The molecule has 0 aliphatic heterocycles. The van der Waals surface area contributed by atoms with Gasteiger partial charge in [-0.2, -0.15) is 0 Å². The Hall–Kier alpha value is -0.320. The van der Waals surface area contributed by atoms with Gasteiger partial charge in [0.25, 0.3) is 0 Å². The lowest BCUT2D eigenvalue weighted by molar-refractivity contribution is 0.0281. The molecule has 0 saturated heterocycles. The van der Waals surface area contributed by atoms with Crippen molar-refractivity contribution in [3.63, 3.8) is 0 Å². The number of nitrogens with one attached hydrogen (secondary N) is 1. The third-order valence-electron chi connectivity index (χ3n) is 2.25. The van der Waals surface area contributed by atoms with E-state index in [0.29, 0.717) is 25.8 Å². The van der Waals surface area contributed by atoms with Gasteiger partial charge in [0.1, 0.15) is 0 Å². The lowest BCUT2D eigenvalue weighted by Crippen LogP contribution is -2.34. The number of ether oxygens (including phenoxy) is 1. The molecule has 0 amide bonds. The normalized spacial score (nSPS) is 12.3. The van der Waals surface area contributed by atoms with Crippen molar-refractivity contribution in [1.29, 1.82) is 0 Å². The summed E-state index contributed by atoms with van der Waals surface area (Å²) in [6.07, 6.45) is -0.468. The maximum absolute atomic E-state index is 9.61. The van der Waals surface area contributed by atoms with Crippen molar-refractivity contribution in [3.05, 3.63) is 34.9 Å². The molecule has 0 bridgehead atoms. The van der Waals surface area contributed by atoms with Gasteiger partial charge >= 0.3 is 0 Å². The zero-order chi connectivity index (χ0) is 12.7. The molecule has 0 saturated carbocycles. The summed E-state index contributed by atoms with van der Waals surface area (Å²) in [7, 11) is 0. The Morgan fingerprint density at radius 2 is 1.89 bits per heavy atom. The van der Waals surface area contributed by atoms with E-state index in [1.807, 2.05) is 38.1 Å². The van der Waals surface area contributed by atoms with E-state index in [4.69, 9.17) is 16.3 Å². The lowest BCUT2D eigenvalue weighted by Gasteiger charge is -2.14. The van der Waals surface area contributed by atoms with Crippen molar-refractivity contribution >= 4 is 24.0 Å². The van der Waals surface area contributed by atoms with Crippen LogP contribution in [0.3, 0.4) is 0 Å². The van der Waals surface area contributed by atoms with Gasteiger partial charge in [0.15, 0.2) is 0 Å². The van der Waals surface area contributed by atoms with Gasteiger partial charge in [-0.1, -0.05) is 37.6 Å². The molecular formula is C13H21Cl2NO2. The number of aliphatic hydroxyl groups is 1. The minimum Gasteiger partial charge on any atom is -0.389 e. The van der Waals surface area contributed by atoms with E-state index in [9.17, 15) is 5.11 Å². The molecule has 0 aliphatic rings. The highest BCUT2D eigenvalue weighted by Crippen LogP contribution is 2.10. The smallest absolute Gasteiger partial charge is 0.0897 e. The standard InChI is InChI=1S/C13H20ClNO2.ClH/c1-10(2)15-7-13(16)9-17-8-11-3-5-12(14)6-4-11;/h3-6,10,13,15-16H,7-9H2,1-2H3;1H. The first-order valence-electron chi connectivity index (χ1n) is 5.81.